The van der Waals surface area contributed by atoms with E-state index in [1.165, 1.54) is 37.3 Å². The third kappa shape index (κ3) is 4.69. The minimum Gasteiger partial charge on any atom is -0.449 e. The zero-order valence-electron chi connectivity index (χ0n) is 14.2. The number of benzene rings is 2. The van der Waals surface area contributed by atoms with Crippen molar-refractivity contribution in [3.63, 3.8) is 0 Å². The first-order valence-corrected chi connectivity index (χ1v) is 7.70. The third-order valence-electron chi connectivity index (χ3n) is 3.56. The Labute approximate surface area is 148 Å². The minimum absolute atomic E-state index is 0.0377. The lowest BCUT2D eigenvalue weighted by Gasteiger charge is -2.16. The Kier molecular flexibility index (Phi) is 6.11. The average Bonchev–Trinajstić information content (AvgIpc) is 2.58. The lowest BCUT2D eigenvalue weighted by Crippen LogP contribution is -2.30. The van der Waals surface area contributed by atoms with Crippen LogP contribution in [0.15, 0.2) is 42.5 Å². The molecule has 0 spiro atoms. The second kappa shape index (κ2) is 8.28. The van der Waals surface area contributed by atoms with Crippen LogP contribution in [-0.2, 0) is 9.53 Å². The molecule has 2 rings (SSSR count). The Morgan fingerprint density at radius 1 is 1.12 bits per heavy atom. The Bertz CT molecular complexity index is 812. The van der Waals surface area contributed by atoms with Crippen LogP contribution in [0.3, 0.4) is 0 Å². The number of amides is 1. The second-order valence-corrected chi connectivity index (χ2v) is 5.45. The van der Waals surface area contributed by atoms with Gasteiger partial charge in [0, 0.05) is 5.69 Å². The SMILES string of the molecule is Cc1cccc(C(=O)OC(C)C(=O)Nc2ccccc2OC(F)F)c1N. The van der Waals surface area contributed by atoms with E-state index in [0.29, 0.717) is 5.56 Å². The molecule has 2 aromatic carbocycles. The predicted molar refractivity (Wildman–Crippen MR) is 92.2 cm³/mol. The summed E-state index contributed by atoms with van der Waals surface area (Å²) in [6, 6.07) is 10.6. The molecule has 1 amide bonds. The number of hydrogen-bond acceptors (Lipinski definition) is 5. The van der Waals surface area contributed by atoms with Gasteiger partial charge in [0.25, 0.3) is 5.91 Å². The van der Waals surface area contributed by atoms with E-state index in [4.69, 9.17) is 10.5 Å². The van der Waals surface area contributed by atoms with Gasteiger partial charge in [0.1, 0.15) is 5.75 Å². The monoisotopic (exact) mass is 364 g/mol. The molecule has 0 heterocycles. The van der Waals surface area contributed by atoms with Gasteiger partial charge in [-0.2, -0.15) is 8.78 Å². The highest BCUT2D eigenvalue weighted by molar-refractivity contribution is 6.00. The molecule has 0 fully saturated rings. The van der Waals surface area contributed by atoms with Crippen LogP contribution in [0.5, 0.6) is 5.75 Å². The molecule has 138 valence electrons. The van der Waals surface area contributed by atoms with Crippen LogP contribution in [0.4, 0.5) is 20.2 Å². The lowest BCUT2D eigenvalue weighted by molar-refractivity contribution is -0.123. The van der Waals surface area contributed by atoms with Crippen LogP contribution >= 0.6 is 0 Å². The average molecular weight is 364 g/mol. The number of nitrogens with one attached hydrogen (secondary N) is 1. The van der Waals surface area contributed by atoms with Crippen molar-refractivity contribution >= 4 is 23.3 Å². The first-order valence-electron chi connectivity index (χ1n) is 7.70. The van der Waals surface area contributed by atoms with Crippen molar-refractivity contribution in [1.82, 2.24) is 0 Å². The first-order chi connectivity index (χ1) is 12.3. The largest absolute Gasteiger partial charge is 0.449 e. The van der Waals surface area contributed by atoms with Crippen molar-refractivity contribution in [2.75, 3.05) is 11.1 Å². The Morgan fingerprint density at radius 2 is 1.81 bits per heavy atom. The fraction of sp³-hybridized carbons (Fsp3) is 0.222. The van der Waals surface area contributed by atoms with Gasteiger partial charge in [0.15, 0.2) is 6.10 Å². The summed E-state index contributed by atoms with van der Waals surface area (Å²) in [4.78, 5) is 24.4. The van der Waals surface area contributed by atoms with Gasteiger partial charge in [-0.1, -0.05) is 24.3 Å². The molecule has 6 nitrogen and oxygen atoms in total. The Balaban J connectivity index is 2.06. The van der Waals surface area contributed by atoms with E-state index in [-0.39, 0.29) is 22.7 Å². The van der Waals surface area contributed by atoms with E-state index >= 15 is 0 Å². The second-order valence-electron chi connectivity index (χ2n) is 5.45. The zero-order chi connectivity index (χ0) is 19.3. The van der Waals surface area contributed by atoms with Crippen molar-refractivity contribution in [2.24, 2.45) is 0 Å². The number of rotatable bonds is 6. The van der Waals surface area contributed by atoms with E-state index in [9.17, 15) is 18.4 Å². The number of halogens is 2. The van der Waals surface area contributed by atoms with Gasteiger partial charge in [0.05, 0.1) is 11.3 Å². The number of anilines is 2. The summed E-state index contributed by atoms with van der Waals surface area (Å²) in [6.07, 6.45) is -1.18. The summed E-state index contributed by atoms with van der Waals surface area (Å²) in [6.45, 7) is 0.0606. The standard InChI is InChI=1S/C18H18F2N2O4/c1-10-6-5-7-12(15(10)21)17(24)25-11(2)16(23)22-13-8-3-4-9-14(13)26-18(19)20/h3-9,11,18H,21H2,1-2H3,(H,22,23). The summed E-state index contributed by atoms with van der Waals surface area (Å²) in [5, 5.41) is 2.39. The normalized spacial score (nSPS) is 11.7. The van der Waals surface area contributed by atoms with Gasteiger partial charge < -0.3 is 20.5 Å². The molecule has 0 aliphatic heterocycles. The van der Waals surface area contributed by atoms with E-state index in [1.807, 2.05) is 0 Å². The first kappa shape index (κ1) is 19.2. The van der Waals surface area contributed by atoms with E-state index < -0.39 is 24.6 Å². The fourth-order valence-electron chi connectivity index (χ4n) is 2.14. The molecular formula is C18H18F2N2O4. The smallest absolute Gasteiger partial charge is 0.387 e. The summed E-state index contributed by atoms with van der Waals surface area (Å²) >= 11 is 0. The van der Waals surface area contributed by atoms with Crippen molar-refractivity contribution in [3.05, 3.63) is 53.6 Å². The molecule has 0 aliphatic carbocycles. The molecule has 0 bridgehead atoms. The van der Waals surface area contributed by atoms with Crippen molar-refractivity contribution in [2.45, 2.75) is 26.6 Å². The van der Waals surface area contributed by atoms with Crippen LogP contribution in [0.2, 0.25) is 0 Å². The summed E-state index contributed by atoms with van der Waals surface area (Å²) in [7, 11) is 0. The van der Waals surface area contributed by atoms with E-state index in [1.54, 1.807) is 19.1 Å². The van der Waals surface area contributed by atoms with Crippen LogP contribution in [0, 0.1) is 6.92 Å². The third-order valence-corrected chi connectivity index (χ3v) is 3.56. The summed E-state index contributed by atoms with van der Waals surface area (Å²) in [5.41, 5.74) is 6.99. The van der Waals surface area contributed by atoms with Crippen molar-refractivity contribution < 1.29 is 27.8 Å². The molecule has 26 heavy (non-hydrogen) atoms. The number of nitrogen functional groups attached to an aromatic ring is 1. The molecule has 0 aromatic heterocycles. The predicted octanol–water partition coefficient (Wildman–Crippen LogP) is 3.36. The quantitative estimate of drug-likeness (QED) is 0.606. The van der Waals surface area contributed by atoms with E-state index in [2.05, 4.69) is 10.1 Å². The van der Waals surface area contributed by atoms with Gasteiger partial charge in [-0.3, -0.25) is 4.79 Å². The molecule has 0 saturated heterocycles. The van der Waals surface area contributed by atoms with Crippen LogP contribution < -0.4 is 15.8 Å². The van der Waals surface area contributed by atoms with Gasteiger partial charge in [-0.25, -0.2) is 4.79 Å². The van der Waals surface area contributed by atoms with Gasteiger partial charge >= 0.3 is 12.6 Å². The molecule has 1 unspecified atom stereocenters. The number of alkyl halides is 2. The Hall–Kier alpha value is -3.16. The van der Waals surface area contributed by atoms with E-state index in [0.717, 1.165) is 0 Å². The van der Waals surface area contributed by atoms with Crippen LogP contribution in [0.1, 0.15) is 22.8 Å². The lowest BCUT2D eigenvalue weighted by atomic mass is 10.1. The summed E-state index contributed by atoms with van der Waals surface area (Å²) < 4.78 is 34.3. The maximum absolute atomic E-state index is 12.4. The van der Waals surface area contributed by atoms with Gasteiger partial charge in [0.2, 0.25) is 0 Å². The fourth-order valence-corrected chi connectivity index (χ4v) is 2.14. The van der Waals surface area contributed by atoms with Crippen molar-refractivity contribution in [1.29, 1.82) is 0 Å². The number of carbonyl (C=O) groups excluding carboxylic acids is 2. The summed E-state index contributed by atoms with van der Waals surface area (Å²) in [5.74, 6) is -1.65. The van der Waals surface area contributed by atoms with Gasteiger partial charge in [-0.05, 0) is 37.6 Å². The molecule has 2 aromatic rings. The highest BCUT2D eigenvalue weighted by Crippen LogP contribution is 2.26. The highest BCUT2D eigenvalue weighted by atomic mass is 19.3. The number of hydrogen-bond donors (Lipinski definition) is 2. The highest BCUT2D eigenvalue weighted by Gasteiger charge is 2.22. The number of aryl methyl sites for hydroxylation is 1. The minimum atomic E-state index is -3.03. The zero-order valence-corrected chi connectivity index (χ0v) is 14.2. The molecule has 0 radical (unpaired) electrons. The number of para-hydroxylation sites is 3. The molecule has 0 saturated carbocycles. The molecule has 8 heteroatoms. The molecule has 0 aliphatic rings. The van der Waals surface area contributed by atoms with Crippen LogP contribution in [0.25, 0.3) is 0 Å². The number of nitrogens with two attached hydrogens (primary N) is 1. The molecule has 3 N–H and O–H groups in total. The topological polar surface area (TPSA) is 90.7 Å². The number of carbonyl (C=O) groups is 2. The maximum atomic E-state index is 12.4. The van der Waals surface area contributed by atoms with Crippen molar-refractivity contribution in [3.8, 4) is 5.75 Å². The molecular weight excluding hydrogens is 346 g/mol. The maximum Gasteiger partial charge on any atom is 0.387 e. The Morgan fingerprint density at radius 3 is 2.50 bits per heavy atom. The number of ether oxygens (including phenoxy) is 2. The molecule has 1 atom stereocenters. The number of esters is 1. The van der Waals surface area contributed by atoms with Crippen LogP contribution in [-0.4, -0.2) is 24.6 Å². The van der Waals surface area contributed by atoms with Gasteiger partial charge in [-0.15, -0.1) is 0 Å².